The van der Waals surface area contributed by atoms with Crippen LogP contribution in [0.2, 0.25) is 19.6 Å². The molecule has 2 saturated carbocycles. The van der Waals surface area contributed by atoms with E-state index in [2.05, 4.69) is 0 Å². The molecule has 0 aromatic carbocycles. The molecule has 2 unspecified atom stereocenters. The lowest BCUT2D eigenvalue weighted by molar-refractivity contribution is -0.000672. The molecule has 0 amide bonds. The molecule has 2 rings (SSSR count). The van der Waals surface area contributed by atoms with E-state index >= 15 is 0 Å². The van der Waals surface area contributed by atoms with Crippen LogP contribution in [0.15, 0.2) is 0 Å². The lowest BCUT2D eigenvalue weighted by atomic mass is 10.1. The molecule has 88 valence electrons. The van der Waals surface area contributed by atoms with E-state index in [4.69, 9.17) is 4.43 Å². The van der Waals surface area contributed by atoms with E-state index in [1.165, 1.54) is 0 Å². The van der Waals surface area contributed by atoms with Gasteiger partial charge in [-0.25, -0.2) is 8.78 Å². The molecule has 2 fully saturated rings. The lowest BCUT2D eigenvalue weighted by Gasteiger charge is -2.26. The average molecular weight is 234 g/mol. The van der Waals surface area contributed by atoms with Gasteiger partial charge in [0.05, 0.1) is 5.92 Å². The molecule has 15 heavy (non-hydrogen) atoms. The highest BCUT2D eigenvalue weighted by molar-refractivity contribution is 6.69. The van der Waals surface area contributed by atoms with E-state index in [1.807, 2.05) is 19.6 Å². The van der Waals surface area contributed by atoms with Crippen molar-refractivity contribution in [1.82, 2.24) is 0 Å². The van der Waals surface area contributed by atoms with Crippen molar-refractivity contribution in [1.29, 1.82) is 0 Å². The fourth-order valence-corrected chi connectivity index (χ4v) is 4.38. The summed E-state index contributed by atoms with van der Waals surface area (Å²) in [5.74, 6) is -3.03. The van der Waals surface area contributed by atoms with Gasteiger partial charge in [-0.3, -0.25) is 0 Å². The number of hydrogen-bond donors (Lipinski definition) is 0. The van der Waals surface area contributed by atoms with Gasteiger partial charge in [0.1, 0.15) is 5.60 Å². The SMILES string of the molecule is C[Si](C)(C)OC12CCCCCC1C2(F)F. The largest absolute Gasteiger partial charge is 0.405 e. The monoisotopic (exact) mass is 234 g/mol. The number of alkyl halides is 2. The molecule has 0 spiro atoms. The average Bonchev–Trinajstić information content (AvgIpc) is 2.57. The van der Waals surface area contributed by atoms with Crippen LogP contribution in [0.4, 0.5) is 8.78 Å². The Morgan fingerprint density at radius 1 is 1.13 bits per heavy atom. The topological polar surface area (TPSA) is 9.23 Å². The van der Waals surface area contributed by atoms with Crippen molar-refractivity contribution in [2.24, 2.45) is 5.92 Å². The Morgan fingerprint density at radius 3 is 2.40 bits per heavy atom. The molecule has 0 bridgehead atoms. The quantitative estimate of drug-likeness (QED) is 0.660. The Kier molecular flexibility index (Phi) is 2.51. The van der Waals surface area contributed by atoms with E-state index in [0.29, 0.717) is 12.8 Å². The Bertz CT molecular complexity index is 262. The van der Waals surface area contributed by atoms with Gasteiger partial charge in [-0.05, 0) is 32.5 Å². The van der Waals surface area contributed by atoms with Gasteiger partial charge < -0.3 is 4.43 Å². The first-order valence-electron chi connectivity index (χ1n) is 5.88. The molecule has 2 aliphatic carbocycles. The maximum absolute atomic E-state index is 13.8. The normalized spacial score (nSPS) is 39.4. The van der Waals surface area contributed by atoms with Gasteiger partial charge in [0.2, 0.25) is 0 Å². The number of halogens is 2. The van der Waals surface area contributed by atoms with Gasteiger partial charge in [0.25, 0.3) is 5.92 Å². The van der Waals surface area contributed by atoms with Crippen molar-refractivity contribution >= 4 is 8.32 Å². The molecular weight excluding hydrogens is 214 g/mol. The molecular formula is C11H20F2OSi. The Hall–Kier alpha value is 0.0369. The third kappa shape index (κ3) is 1.76. The summed E-state index contributed by atoms with van der Waals surface area (Å²) < 4.78 is 33.4. The van der Waals surface area contributed by atoms with Crippen molar-refractivity contribution in [3.05, 3.63) is 0 Å². The zero-order valence-corrected chi connectivity index (χ0v) is 10.8. The first-order chi connectivity index (χ1) is 6.80. The molecule has 0 heterocycles. The van der Waals surface area contributed by atoms with Crippen LogP contribution in [0.3, 0.4) is 0 Å². The molecule has 1 nitrogen and oxygen atoms in total. The van der Waals surface area contributed by atoms with Crippen LogP contribution < -0.4 is 0 Å². The first-order valence-corrected chi connectivity index (χ1v) is 9.28. The molecule has 0 aromatic heterocycles. The fraction of sp³-hybridized carbons (Fsp3) is 1.00. The summed E-state index contributed by atoms with van der Waals surface area (Å²) in [5, 5.41) is 0. The smallest absolute Gasteiger partial charge is 0.281 e. The number of rotatable bonds is 2. The minimum absolute atomic E-state index is 0.487. The highest BCUT2D eigenvalue weighted by Crippen LogP contribution is 2.67. The third-order valence-electron chi connectivity index (χ3n) is 3.51. The second-order valence-electron chi connectivity index (χ2n) is 5.88. The minimum atomic E-state index is -2.55. The Morgan fingerprint density at radius 2 is 1.80 bits per heavy atom. The van der Waals surface area contributed by atoms with Crippen molar-refractivity contribution < 1.29 is 13.2 Å². The Labute approximate surface area is 91.3 Å². The van der Waals surface area contributed by atoms with Crippen LogP contribution in [-0.4, -0.2) is 19.8 Å². The zero-order valence-electron chi connectivity index (χ0n) is 9.78. The van der Waals surface area contributed by atoms with Crippen LogP contribution >= 0.6 is 0 Å². The van der Waals surface area contributed by atoms with E-state index in [9.17, 15) is 8.78 Å². The zero-order chi connectivity index (χ0) is 11.3. The van der Waals surface area contributed by atoms with Crippen LogP contribution in [0, 0.1) is 5.92 Å². The maximum atomic E-state index is 13.8. The standard InChI is InChI=1S/C11H20F2OSi/c1-15(2,3)14-10-8-6-4-5-7-9(10)11(10,12)13/h9H,4-8H2,1-3H3. The summed E-state index contributed by atoms with van der Waals surface area (Å²) in [6.45, 7) is 5.99. The molecule has 0 aromatic rings. The molecule has 0 N–H and O–H groups in total. The first kappa shape index (κ1) is 11.5. The van der Waals surface area contributed by atoms with Crippen molar-refractivity contribution in [2.75, 3.05) is 0 Å². The summed E-state index contributed by atoms with van der Waals surface area (Å²) in [6, 6.07) is 0. The van der Waals surface area contributed by atoms with Gasteiger partial charge in [0.15, 0.2) is 8.32 Å². The van der Waals surface area contributed by atoms with E-state index in [-0.39, 0.29) is 0 Å². The highest BCUT2D eigenvalue weighted by Gasteiger charge is 2.81. The van der Waals surface area contributed by atoms with Gasteiger partial charge in [0, 0.05) is 0 Å². The van der Waals surface area contributed by atoms with Crippen molar-refractivity contribution in [3.63, 3.8) is 0 Å². The van der Waals surface area contributed by atoms with Gasteiger partial charge in [-0.1, -0.05) is 19.3 Å². The molecule has 0 radical (unpaired) electrons. The maximum Gasteiger partial charge on any atom is 0.281 e. The minimum Gasteiger partial charge on any atom is -0.405 e. The Balaban J connectivity index is 2.17. The summed E-state index contributed by atoms with van der Waals surface area (Å²) >= 11 is 0. The highest BCUT2D eigenvalue weighted by atomic mass is 28.4. The van der Waals surface area contributed by atoms with Gasteiger partial charge in [-0.15, -0.1) is 0 Å². The van der Waals surface area contributed by atoms with Crippen LogP contribution in [0.25, 0.3) is 0 Å². The van der Waals surface area contributed by atoms with Crippen LogP contribution in [0.5, 0.6) is 0 Å². The fourth-order valence-electron chi connectivity index (χ4n) is 2.91. The predicted molar refractivity (Wildman–Crippen MR) is 58.7 cm³/mol. The van der Waals surface area contributed by atoms with Crippen molar-refractivity contribution in [3.8, 4) is 0 Å². The summed E-state index contributed by atoms with van der Waals surface area (Å²) in [6.07, 6.45) is 4.14. The predicted octanol–water partition coefficient (Wildman–Crippen LogP) is 3.81. The second kappa shape index (κ2) is 3.26. The summed E-state index contributed by atoms with van der Waals surface area (Å²) in [5.41, 5.74) is -1.06. The van der Waals surface area contributed by atoms with Crippen LogP contribution in [0.1, 0.15) is 32.1 Å². The molecule has 4 heteroatoms. The lowest BCUT2D eigenvalue weighted by Crippen LogP contribution is -2.37. The van der Waals surface area contributed by atoms with E-state index in [0.717, 1.165) is 19.3 Å². The van der Waals surface area contributed by atoms with E-state index in [1.54, 1.807) is 0 Å². The third-order valence-corrected chi connectivity index (χ3v) is 4.49. The molecule has 0 aliphatic heterocycles. The number of hydrogen-bond acceptors (Lipinski definition) is 1. The van der Waals surface area contributed by atoms with Gasteiger partial charge >= 0.3 is 0 Å². The summed E-state index contributed by atoms with van der Waals surface area (Å²) in [4.78, 5) is 0. The second-order valence-corrected chi connectivity index (χ2v) is 10.3. The molecule has 0 saturated heterocycles. The summed E-state index contributed by atoms with van der Waals surface area (Å²) in [7, 11) is -1.87. The molecule has 2 aliphatic rings. The van der Waals surface area contributed by atoms with Crippen molar-refractivity contribution in [2.45, 2.75) is 63.3 Å². The number of fused-ring (bicyclic) bond motifs is 1. The van der Waals surface area contributed by atoms with E-state index < -0.39 is 25.8 Å². The molecule has 2 atom stereocenters. The van der Waals surface area contributed by atoms with Crippen LogP contribution in [-0.2, 0) is 4.43 Å². The van der Waals surface area contributed by atoms with Gasteiger partial charge in [-0.2, -0.15) is 0 Å².